The van der Waals surface area contributed by atoms with Crippen molar-refractivity contribution in [3.05, 3.63) is 80.6 Å². The fourth-order valence-corrected chi connectivity index (χ4v) is 3.17. The van der Waals surface area contributed by atoms with Crippen LogP contribution in [-0.2, 0) is 9.53 Å². The lowest BCUT2D eigenvalue weighted by Crippen LogP contribution is -2.21. The number of nitro benzene ring substituents is 1. The minimum Gasteiger partial charge on any atom is -0.450 e. The van der Waals surface area contributed by atoms with Gasteiger partial charge in [0, 0.05) is 17.7 Å². The first-order chi connectivity index (χ1) is 14.2. The highest BCUT2D eigenvalue weighted by atomic mass is 35.5. The van der Waals surface area contributed by atoms with E-state index in [0.29, 0.717) is 22.0 Å². The molecule has 2 aromatic carbocycles. The third-order valence-electron chi connectivity index (χ3n) is 4.20. The molecule has 0 radical (unpaired) electrons. The molecule has 0 aliphatic heterocycles. The van der Waals surface area contributed by atoms with Gasteiger partial charge in [0.1, 0.15) is 5.76 Å². The first-order valence-electron chi connectivity index (χ1n) is 8.83. The maximum absolute atomic E-state index is 12.2. The van der Waals surface area contributed by atoms with Crippen molar-refractivity contribution in [2.24, 2.45) is 0 Å². The van der Waals surface area contributed by atoms with Gasteiger partial charge in [0.05, 0.1) is 15.6 Å². The second-order valence-corrected chi connectivity index (χ2v) is 6.94. The quantitative estimate of drug-likeness (QED) is 0.339. The molecule has 0 atom stereocenters. The fourth-order valence-electron chi connectivity index (χ4n) is 2.80. The summed E-state index contributed by atoms with van der Waals surface area (Å²) < 4.78 is 10.4. The van der Waals surface area contributed by atoms with Gasteiger partial charge in [0.15, 0.2) is 6.61 Å². The molecule has 0 spiro atoms. The van der Waals surface area contributed by atoms with Gasteiger partial charge >= 0.3 is 5.97 Å². The van der Waals surface area contributed by atoms with Gasteiger partial charge in [-0.3, -0.25) is 14.9 Å². The van der Waals surface area contributed by atoms with E-state index in [1.54, 1.807) is 6.07 Å². The summed E-state index contributed by atoms with van der Waals surface area (Å²) in [5, 5.41) is 13.7. The molecule has 0 bridgehead atoms. The van der Waals surface area contributed by atoms with Crippen LogP contribution in [0.15, 0.2) is 52.9 Å². The molecular formula is C21H17ClN2O6. The molecule has 0 aliphatic carbocycles. The van der Waals surface area contributed by atoms with E-state index in [-0.39, 0.29) is 11.4 Å². The number of aryl methyl sites for hydroxylation is 2. The summed E-state index contributed by atoms with van der Waals surface area (Å²) in [4.78, 5) is 34.5. The van der Waals surface area contributed by atoms with E-state index >= 15 is 0 Å². The van der Waals surface area contributed by atoms with E-state index in [4.69, 9.17) is 20.8 Å². The number of nitrogens with one attached hydrogen (secondary N) is 1. The largest absolute Gasteiger partial charge is 0.450 e. The number of furan rings is 1. The number of benzene rings is 2. The van der Waals surface area contributed by atoms with Crippen LogP contribution in [0.3, 0.4) is 0 Å². The molecule has 1 amide bonds. The third kappa shape index (κ3) is 4.84. The van der Waals surface area contributed by atoms with Crippen molar-refractivity contribution in [2.45, 2.75) is 13.8 Å². The average molecular weight is 429 g/mol. The number of hydrogen-bond donors (Lipinski definition) is 1. The van der Waals surface area contributed by atoms with Crippen LogP contribution < -0.4 is 5.32 Å². The van der Waals surface area contributed by atoms with Crippen LogP contribution in [0, 0.1) is 24.0 Å². The normalized spacial score (nSPS) is 10.5. The number of ether oxygens (including phenoxy) is 1. The van der Waals surface area contributed by atoms with Gasteiger partial charge in [-0.2, -0.15) is 0 Å². The number of halogens is 1. The number of carbonyl (C=O) groups is 2. The lowest BCUT2D eigenvalue weighted by molar-refractivity contribution is -0.384. The first kappa shape index (κ1) is 21.1. The maximum Gasteiger partial charge on any atom is 0.374 e. The van der Waals surface area contributed by atoms with Gasteiger partial charge in [-0.05, 0) is 55.3 Å². The molecule has 9 heteroatoms. The van der Waals surface area contributed by atoms with Gasteiger partial charge in [0.25, 0.3) is 11.6 Å². The molecular weight excluding hydrogens is 412 g/mol. The van der Waals surface area contributed by atoms with Gasteiger partial charge < -0.3 is 14.5 Å². The topological polar surface area (TPSA) is 112 Å². The molecule has 0 unspecified atom stereocenters. The second kappa shape index (κ2) is 8.79. The van der Waals surface area contributed by atoms with Crippen LogP contribution in [0.1, 0.15) is 21.7 Å². The number of esters is 1. The SMILES string of the molecule is Cc1cc(C)c(NC(=O)COC(=O)c2ccc(-c3ccc([N+](=O)[O-])cc3)o2)c(Cl)c1. The standard InChI is InChI=1S/C21H17ClN2O6/c1-12-9-13(2)20(16(22)10-12)23-19(25)11-29-21(26)18-8-7-17(30-18)14-3-5-15(6-4-14)24(27)28/h3-10H,11H2,1-2H3,(H,23,25). The summed E-state index contributed by atoms with van der Waals surface area (Å²) in [6, 6.07) is 12.2. The molecule has 0 fully saturated rings. The molecule has 3 rings (SSSR count). The third-order valence-corrected chi connectivity index (χ3v) is 4.50. The number of non-ortho nitro benzene ring substituents is 1. The highest BCUT2D eigenvalue weighted by Crippen LogP contribution is 2.27. The lowest BCUT2D eigenvalue weighted by atomic mass is 10.1. The predicted molar refractivity (Wildman–Crippen MR) is 111 cm³/mol. The predicted octanol–water partition coefficient (Wildman–Crippen LogP) is 4.92. The summed E-state index contributed by atoms with van der Waals surface area (Å²) in [5.41, 5.74) is 2.71. The van der Waals surface area contributed by atoms with E-state index in [1.807, 2.05) is 19.9 Å². The van der Waals surface area contributed by atoms with Crippen LogP contribution >= 0.6 is 11.6 Å². The molecule has 1 heterocycles. The molecule has 0 aliphatic rings. The number of carbonyl (C=O) groups excluding carboxylic acids is 2. The molecule has 0 saturated carbocycles. The molecule has 3 aromatic rings. The van der Waals surface area contributed by atoms with E-state index in [0.717, 1.165) is 11.1 Å². The van der Waals surface area contributed by atoms with Gasteiger partial charge in [-0.1, -0.05) is 17.7 Å². The molecule has 1 N–H and O–H groups in total. The monoisotopic (exact) mass is 428 g/mol. The molecule has 154 valence electrons. The van der Waals surface area contributed by atoms with E-state index in [2.05, 4.69) is 5.32 Å². The summed E-state index contributed by atoms with van der Waals surface area (Å²) in [7, 11) is 0. The number of nitrogens with zero attached hydrogens (tertiary/aromatic N) is 1. The summed E-state index contributed by atoms with van der Waals surface area (Å²) >= 11 is 6.15. The Balaban J connectivity index is 1.60. The Hall–Kier alpha value is -3.65. The van der Waals surface area contributed by atoms with E-state index in [1.165, 1.54) is 36.4 Å². The number of rotatable bonds is 6. The van der Waals surface area contributed by atoms with Gasteiger partial charge in [0.2, 0.25) is 5.76 Å². The molecule has 0 saturated heterocycles. The van der Waals surface area contributed by atoms with Crippen molar-refractivity contribution in [1.29, 1.82) is 0 Å². The Morgan fingerprint density at radius 1 is 1.13 bits per heavy atom. The molecule has 1 aromatic heterocycles. The summed E-state index contributed by atoms with van der Waals surface area (Å²) in [5.74, 6) is -1.12. The highest BCUT2D eigenvalue weighted by Gasteiger charge is 2.17. The van der Waals surface area contributed by atoms with Crippen LogP contribution in [0.4, 0.5) is 11.4 Å². The number of hydrogen-bond acceptors (Lipinski definition) is 6. The Bertz CT molecular complexity index is 1100. The van der Waals surface area contributed by atoms with Gasteiger partial charge in [-0.15, -0.1) is 0 Å². The fraction of sp³-hybridized carbons (Fsp3) is 0.143. The average Bonchev–Trinajstić information content (AvgIpc) is 3.19. The Morgan fingerprint density at radius 2 is 1.83 bits per heavy atom. The molecule has 8 nitrogen and oxygen atoms in total. The van der Waals surface area contributed by atoms with Crippen molar-refractivity contribution >= 4 is 34.9 Å². The summed E-state index contributed by atoms with van der Waals surface area (Å²) in [6.45, 7) is 3.18. The van der Waals surface area contributed by atoms with Crippen molar-refractivity contribution in [3.63, 3.8) is 0 Å². The Kier molecular flexibility index (Phi) is 6.17. The van der Waals surface area contributed by atoms with Crippen LogP contribution in [-0.4, -0.2) is 23.4 Å². The van der Waals surface area contributed by atoms with E-state index in [9.17, 15) is 19.7 Å². The minimum atomic E-state index is -0.815. The smallest absolute Gasteiger partial charge is 0.374 e. The maximum atomic E-state index is 12.2. The van der Waals surface area contributed by atoms with Crippen molar-refractivity contribution in [3.8, 4) is 11.3 Å². The van der Waals surface area contributed by atoms with Crippen molar-refractivity contribution in [1.82, 2.24) is 0 Å². The minimum absolute atomic E-state index is 0.0557. The summed E-state index contributed by atoms with van der Waals surface area (Å²) in [6.07, 6.45) is 0. The first-order valence-corrected chi connectivity index (χ1v) is 9.21. The zero-order valence-corrected chi connectivity index (χ0v) is 16.9. The Morgan fingerprint density at radius 3 is 2.47 bits per heavy atom. The molecule has 30 heavy (non-hydrogen) atoms. The van der Waals surface area contributed by atoms with Crippen LogP contribution in [0.5, 0.6) is 0 Å². The van der Waals surface area contributed by atoms with Crippen LogP contribution in [0.25, 0.3) is 11.3 Å². The second-order valence-electron chi connectivity index (χ2n) is 6.53. The number of anilines is 1. The zero-order chi connectivity index (χ0) is 21.8. The lowest BCUT2D eigenvalue weighted by Gasteiger charge is -2.11. The van der Waals surface area contributed by atoms with Gasteiger partial charge in [-0.25, -0.2) is 4.79 Å². The van der Waals surface area contributed by atoms with Crippen LogP contribution in [0.2, 0.25) is 5.02 Å². The zero-order valence-electron chi connectivity index (χ0n) is 16.1. The van der Waals surface area contributed by atoms with Crippen molar-refractivity contribution in [2.75, 3.05) is 11.9 Å². The Labute approximate surface area is 176 Å². The van der Waals surface area contributed by atoms with Crippen molar-refractivity contribution < 1.29 is 23.7 Å². The van der Waals surface area contributed by atoms with E-state index < -0.39 is 23.4 Å². The number of amides is 1. The highest BCUT2D eigenvalue weighted by molar-refractivity contribution is 6.34. The number of nitro groups is 1.